The lowest BCUT2D eigenvalue weighted by atomic mass is 10.0. The molecule has 3 aromatic rings. The van der Waals surface area contributed by atoms with Crippen LogP contribution in [0.5, 0.6) is 11.5 Å². The molecular formula is C25H28N2O3S. The van der Waals surface area contributed by atoms with Crippen LogP contribution in [0.3, 0.4) is 0 Å². The first kappa shape index (κ1) is 21.4. The Hall–Kier alpha value is -2.83. The molecule has 2 aromatic carbocycles. The minimum Gasteiger partial charge on any atom is -0.504 e. The van der Waals surface area contributed by atoms with Crippen molar-refractivity contribution >= 4 is 22.9 Å². The molecule has 0 unspecified atom stereocenters. The van der Waals surface area contributed by atoms with Crippen molar-refractivity contribution in [3.63, 3.8) is 0 Å². The minimum absolute atomic E-state index is 0.0720. The number of carbonyl (C=O) groups excluding carboxylic acids is 1. The van der Waals surface area contributed by atoms with Gasteiger partial charge in [-0.25, -0.2) is 0 Å². The van der Waals surface area contributed by atoms with Gasteiger partial charge in [0.25, 0.3) is 5.91 Å². The number of thiophene rings is 1. The number of likely N-dealkylation sites (tertiary alicyclic amines) is 1. The van der Waals surface area contributed by atoms with E-state index in [0.29, 0.717) is 12.3 Å². The second-order valence-electron chi connectivity index (χ2n) is 7.96. The van der Waals surface area contributed by atoms with Crippen LogP contribution >= 0.6 is 11.3 Å². The molecule has 0 atom stereocenters. The van der Waals surface area contributed by atoms with Crippen LogP contribution in [0.1, 0.15) is 33.6 Å². The Morgan fingerprint density at radius 3 is 2.52 bits per heavy atom. The van der Waals surface area contributed by atoms with Crippen molar-refractivity contribution in [2.75, 3.05) is 25.1 Å². The van der Waals surface area contributed by atoms with E-state index in [1.807, 2.05) is 46.7 Å². The van der Waals surface area contributed by atoms with Crippen LogP contribution in [-0.4, -0.2) is 42.2 Å². The average Bonchev–Trinajstić information content (AvgIpc) is 3.33. The summed E-state index contributed by atoms with van der Waals surface area (Å²) >= 11 is 1.49. The summed E-state index contributed by atoms with van der Waals surface area (Å²) in [6, 6.07) is 17.8. The summed E-state index contributed by atoms with van der Waals surface area (Å²) in [6.07, 6.45) is 1.77. The smallest absolute Gasteiger partial charge is 0.268 e. The lowest BCUT2D eigenvalue weighted by Crippen LogP contribution is -2.47. The summed E-state index contributed by atoms with van der Waals surface area (Å²) in [5, 5.41) is 12.4. The van der Waals surface area contributed by atoms with E-state index in [9.17, 15) is 9.90 Å². The molecule has 0 saturated carbocycles. The number of piperidine rings is 1. The molecule has 1 saturated heterocycles. The van der Waals surface area contributed by atoms with Gasteiger partial charge in [-0.1, -0.05) is 35.9 Å². The van der Waals surface area contributed by atoms with E-state index in [0.717, 1.165) is 42.1 Å². The lowest BCUT2D eigenvalue weighted by molar-refractivity contribution is 0.0962. The molecule has 0 spiro atoms. The first-order chi connectivity index (χ1) is 15.1. The fraction of sp³-hybridized carbons (Fsp3) is 0.320. The zero-order chi connectivity index (χ0) is 21.8. The van der Waals surface area contributed by atoms with Gasteiger partial charge in [-0.05, 0) is 49.4 Å². The molecule has 1 aromatic heterocycles. The first-order valence-electron chi connectivity index (χ1n) is 10.6. The number of ether oxygens (including phenoxy) is 1. The van der Waals surface area contributed by atoms with E-state index < -0.39 is 0 Å². The molecule has 1 N–H and O–H groups in total. The van der Waals surface area contributed by atoms with Gasteiger partial charge < -0.3 is 14.7 Å². The van der Waals surface area contributed by atoms with Crippen LogP contribution in [0.4, 0.5) is 5.69 Å². The highest BCUT2D eigenvalue weighted by molar-refractivity contribution is 7.12. The maximum atomic E-state index is 13.4. The summed E-state index contributed by atoms with van der Waals surface area (Å²) in [7, 11) is 1.56. The highest BCUT2D eigenvalue weighted by Gasteiger charge is 2.30. The van der Waals surface area contributed by atoms with Crippen molar-refractivity contribution in [3.05, 3.63) is 76.0 Å². The highest BCUT2D eigenvalue weighted by atomic mass is 32.1. The zero-order valence-electron chi connectivity index (χ0n) is 18.0. The number of carbonyl (C=O) groups is 1. The fourth-order valence-corrected chi connectivity index (χ4v) is 4.81. The Balaban J connectivity index is 1.49. The van der Waals surface area contributed by atoms with Crippen LogP contribution < -0.4 is 9.64 Å². The quantitative estimate of drug-likeness (QED) is 0.585. The number of aromatic hydroxyl groups is 1. The van der Waals surface area contributed by atoms with Gasteiger partial charge >= 0.3 is 0 Å². The van der Waals surface area contributed by atoms with E-state index in [1.165, 1.54) is 16.9 Å². The molecule has 4 rings (SSSR count). The van der Waals surface area contributed by atoms with Gasteiger partial charge in [0.05, 0.1) is 12.0 Å². The molecule has 1 amide bonds. The molecule has 6 heteroatoms. The number of methoxy groups -OCH3 is 1. The van der Waals surface area contributed by atoms with E-state index >= 15 is 0 Å². The monoisotopic (exact) mass is 436 g/mol. The number of rotatable bonds is 6. The Morgan fingerprint density at radius 1 is 1.13 bits per heavy atom. The molecule has 0 radical (unpaired) electrons. The lowest BCUT2D eigenvalue weighted by Gasteiger charge is -2.38. The second kappa shape index (κ2) is 9.54. The minimum atomic E-state index is 0.0720. The summed E-state index contributed by atoms with van der Waals surface area (Å²) in [5.74, 6) is 0.781. The van der Waals surface area contributed by atoms with Crippen molar-refractivity contribution in [1.29, 1.82) is 0 Å². The van der Waals surface area contributed by atoms with Crippen molar-refractivity contribution < 1.29 is 14.6 Å². The first-order valence-corrected chi connectivity index (χ1v) is 11.5. The van der Waals surface area contributed by atoms with Crippen molar-refractivity contribution in [2.24, 2.45) is 0 Å². The Labute approximate surface area is 187 Å². The predicted molar refractivity (Wildman–Crippen MR) is 125 cm³/mol. The predicted octanol–water partition coefficient (Wildman–Crippen LogP) is 5.08. The molecule has 5 nitrogen and oxygen atoms in total. The van der Waals surface area contributed by atoms with Crippen LogP contribution in [0.25, 0.3) is 0 Å². The molecule has 1 fully saturated rings. The van der Waals surface area contributed by atoms with Gasteiger partial charge in [0.1, 0.15) is 0 Å². The van der Waals surface area contributed by atoms with Crippen molar-refractivity contribution in [3.8, 4) is 11.5 Å². The van der Waals surface area contributed by atoms with E-state index in [2.05, 4.69) is 24.0 Å². The molecule has 31 heavy (non-hydrogen) atoms. The number of hydrogen-bond acceptors (Lipinski definition) is 5. The third-order valence-electron chi connectivity index (χ3n) is 5.88. The van der Waals surface area contributed by atoms with Gasteiger partial charge in [-0.3, -0.25) is 9.69 Å². The maximum Gasteiger partial charge on any atom is 0.268 e. The summed E-state index contributed by atoms with van der Waals surface area (Å²) < 4.78 is 5.23. The Morgan fingerprint density at radius 2 is 1.87 bits per heavy atom. The molecular weight excluding hydrogens is 408 g/mol. The largest absolute Gasteiger partial charge is 0.504 e. The number of amides is 1. The average molecular weight is 437 g/mol. The topological polar surface area (TPSA) is 53.0 Å². The van der Waals surface area contributed by atoms with Gasteiger partial charge in [0, 0.05) is 36.9 Å². The number of phenolic OH excluding ortho intramolecular Hbond substituents is 1. The van der Waals surface area contributed by atoms with Gasteiger partial charge in [0.2, 0.25) is 0 Å². The van der Waals surface area contributed by atoms with Crippen LogP contribution in [0.15, 0.2) is 60.0 Å². The second-order valence-corrected chi connectivity index (χ2v) is 8.91. The molecule has 2 heterocycles. The maximum absolute atomic E-state index is 13.4. The normalized spacial score (nSPS) is 15.0. The van der Waals surface area contributed by atoms with Crippen molar-refractivity contribution in [2.45, 2.75) is 32.4 Å². The Kier molecular flexibility index (Phi) is 6.59. The number of aryl methyl sites for hydroxylation is 1. The summed E-state index contributed by atoms with van der Waals surface area (Å²) in [5.41, 5.74) is 3.00. The third-order valence-corrected chi connectivity index (χ3v) is 6.74. The van der Waals surface area contributed by atoms with E-state index in [1.54, 1.807) is 13.2 Å². The van der Waals surface area contributed by atoms with Crippen LogP contribution in [-0.2, 0) is 6.54 Å². The standard InChI is InChI=1S/C25H28N2O3S/c1-18-8-10-20(11-9-18)27(25(29)23-7-4-16-31-23)21-12-14-26(15-13-21)17-19-5-3-6-22(30-2)24(19)28/h3-11,16,21,28H,12-15,17H2,1-2H3. The SMILES string of the molecule is COc1cccc(CN2CCC(N(C(=O)c3cccs3)c3ccc(C)cc3)CC2)c1O. The summed E-state index contributed by atoms with van der Waals surface area (Å²) in [4.78, 5) is 18.4. The number of hydrogen-bond donors (Lipinski definition) is 1. The van der Waals surface area contributed by atoms with Gasteiger partial charge in [-0.15, -0.1) is 11.3 Å². The number of para-hydroxylation sites is 1. The number of phenols is 1. The van der Waals surface area contributed by atoms with Gasteiger partial charge in [0.15, 0.2) is 11.5 Å². The molecule has 1 aliphatic rings. The molecule has 162 valence electrons. The molecule has 1 aliphatic heterocycles. The highest BCUT2D eigenvalue weighted by Crippen LogP contribution is 2.32. The Bertz CT molecular complexity index is 1010. The molecule has 0 bridgehead atoms. The van der Waals surface area contributed by atoms with Crippen LogP contribution in [0.2, 0.25) is 0 Å². The van der Waals surface area contributed by atoms with Crippen molar-refractivity contribution in [1.82, 2.24) is 4.90 Å². The number of anilines is 1. The third kappa shape index (κ3) is 4.75. The van der Waals surface area contributed by atoms with Crippen LogP contribution in [0, 0.1) is 6.92 Å². The van der Waals surface area contributed by atoms with Gasteiger partial charge in [-0.2, -0.15) is 0 Å². The zero-order valence-corrected chi connectivity index (χ0v) is 18.8. The fourth-order valence-electron chi connectivity index (χ4n) is 4.15. The summed E-state index contributed by atoms with van der Waals surface area (Å²) in [6.45, 7) is 4.45. The molecule has 0 aliphatic carbocycles. The van der Waals surface area contributed by atoms with E-state index in [-0.39, 0.29) is 17.7 Å². The van der Waals surface area contributed by atoms with E-state index in [4.69, 9.17) is 4.74 Å². The number of nitrogens with zero attached hydrogens (tertiary/aromatic N) is 2. The number of benzene rings is 2.